The number of benzene rings is 1. The van der Waals surface area contributed by atoms with Gasteiger partial charge in [-0.3, -0.25) is 4.79 Å². The molecule has 0 aliphatic carbocycles. The summed E-state index contributed by atoms with van der Waals surface area (Å²) in [5, 5.41) is 8.99. The third kappa shape index (κ3) is 2.61. The van der Waals surface area contributed by atoms with Crippen LogP contribution in [-0.2, 0) is 11.2 Å². The number of hydrogen-bond donors (Lipinski definition) is 2. The number of aryl methyl sites for hydroxylation is 1. The van der Waals surface area contributed by atoms with Crippen molar-refractivity contribution in [3.05, 3.63) is 29.3 Å². The molecule has 0 spiro atoms. The van der Waals surface area contributed by atoms with Crippen LogP contribution in [0.4, 0.5) is 5.69 Å². The van der Waals surface area contributed by atoms with Gasteiger partial charge in [0.15, 0.2) is 0 Å². The molecule has 1 amide bonds. The maximum absolute atomic E-state index is 12.2. The van der Waals surface area contributed by atoms with E-state index < -0.39 is 12.0 Å². The van der Waals surface area contributed by atoms with E-state index in [2.05, 4.69) is 0 Å². The molecule has 0 saturated heterocycles. The summed E-state index contributed by atoms with van der Waals surface area (Å²) >= 11 is 0. The molecule has 2 rings (SSSR count). The number of aromatic carboxylic acids is 1. The quantitative estimate of drug-likeness (QED) is 0.862. The second-order valence-electron chi connectivity index (χ2n) is 4.76. The third-order valence-corrected chi connectivity index (χ3v) is 3.47. The fourth-order valence-electron chi connectivity index (χ4n) is 2.33. The second-order valence-corrected chi connectivity index (χ2v) is 4.76. The largest absolute Gasteiger partial charge is 0.478 e. The van der Waals surface area contributed by atoms with Crippen LogP contribution >= 0.6 is 0 Å². The first kappa shape index (κ1) is 13.5. The molecule has 3 N–H and O–H groups in total. The van der Waals surface area contributed by atoms with Crippen LogP contribution in [0.3, 0.4) is 0 Å². The number of carboxylic acid groups (broad SMARTS) is 1. The topological polar surface area (TPSA) is 83.6 Å². The van der Waals surface area contributed by atoms with Crippen LogP contribution in [0.1, 0.15) is 35.7 Å². The monoisotopic (exact) mass is 262 g/mol. The normalized spacial score (nSPS) is 15.8. The van der Waals surface area contributed by atoms with Crippen molar-refractivity contribution in [1.82, 2.24) is 0 Å². The molecule has 1 aliphatic heterocycles. The molecule has 1 aliphatic rings. The molecule has 1 aromatic rings. The summed E-state index contributed by atoms with van der Waals surface area (Å²) in [6, 6.07) is 4.39. The zero-order chi connectivity index (χ0) is 14.0. The van der Waals surface area contributed by atoms with Gasteiger partial charge in [-0.15, -0.1) is 0 Å². The first-order chi connectivity index (χ1) is 9.04. The van der Waals surface area contributed by atoms with E-state index >= 15 is 0 Å². The Bertz CT molecular complexity index is 513. The lowest BCUT2D eigenvalue weighted by atomic mass is 9.98. The molecular weight excluding hydrogens is 244 g/mol. The zero-order valence-electron chi connectivity index (χ0n) is 10.9. The Morgan fingerprint density at radius 2 is 2.21 bits per heavy atom. The first-order valence-corrected chi connectivity index (χ1v) is 6.47. The van der Waals surface area contributed by atoms with Crippen LogP contribution in [0.15, 0.2) is 18.2 Å². The molecule has 0 radical (unpaired) electrons. The van der Waals surface area contributed by atoms with Gasteiger partial charge in [-0.05, 0) is 43.0 Å². The van der Waals surface area contributed by atoms with E-state index in [-0.39, 0.29) is 11.5 Å². The van der Waals surface area contributed by atoms with E-state index in [4.69, 9.17) is 10.8 Å². The van der Waals surface area contributed by atoms with Gasteiger partial charge < -0.3 is 15.7 Å². The Balaban J connectivity index is 2.34. The van der Waals surface area contributed by atoms with Gasteiger partial charge in [0.05, 0.1) is 11.6 Å². The molecule has 1 aromatic carbocycles. The van der Waals surface area contributed by atoms with Crippen molar-refractivity contribution in [2.24, 2.45) is 5.73 Å². The number of anilines is 1. The van der Waals surface area contributed by atoms with Crippen molar-refractivity contribution in [2.75, 3.05) is 11.4 Å². The lowest BCUT2D eigenvalue weighted by Gasteiger charge is -2.31. The molecule has 102 valence electrons. The van der Waals surface area contributed by atoms with Crippen LogP contribution in [0.2, 0.25) is 0 Å². The SMILES string of the molecule is CC[C@@H](N)C(=O)N1CCCc2cc(C(=O)O)ccc21. The van der Waals surface area contributed by atoms with Gasteiger partial charge in [-0.25, -0.2) is 4.79 Å². The van der Waals surface area contributed by atoms with E-state index in [9.17, 15) is 9.59 Å². The molecule has 19 heavy (non-hydrogen) atoms. The maximum Gasteiger partial charge on any atom is 0.335 e. The smallest absolute Gasteiger partial charge is 0.335 e. The minimum absolute atomic E-state index is 0.0912. The Kier molecular flexibility index (Phi) is 3.85. The minimum Gasteiger partial charge on any atom is -0.478 e. The molecule has 0 bridgehead atoms. The number of carbonyl (C=O) groups is 2. The van der Waals surface area contributed by atoms with Crippen molar-refractivity contribution < 1.29 is 14.7 Å². The number of nitrogens with zero attached hydrogens (tertiary/aromatic N) is 1. The predicted octanol–water partition coefficient (Wildman–Crippen LogP) is 1.40. The van der Waals surface area contributed by atoms with E-state index in [0.717, 1.165) is 24.1 Å². The highest BCUT2D eigenvalue weighted by Crippen LogP contribution is 2.28. The van der Waals surface area contributed by atoms with E-state index in [1.54, 1.807) is 17.0 Å². The fourth-order valence-corrected chi connectivity index (χ4v) is 2.33. The van der Waals surface area contributed by atoms with Crippen molar-refractivity contribution in [3.8, 4) is 0 Å². The Morgan fingerprint density at radius 3 is 2.84 bits per heavy atom. The number of carbonyl (C=O) groups excluding carboxylic acids is 1. The van der Waals surface area contributed by atoms with Crippen LogP contribution < -0.4 is 10.6 Å². The number of carboxylic acids is 1. The highest BCUT2D eigenvalue weighted by atomic mass is 16.4. The third-order valence-electron chi connectivity index (χ3n) is 3.47. The molecule has 0 unspecified atom stereocenters. The molecule has 0 fully saturated rings. The van der Waals surface area contributed by atoms with Gasteiger partial charge in [-0.1, -0.05) is 6.92 Å². The van der Waals surface area contributed by atoms with E-state index in [1.807, 2.05) is 6.92 Å². The minimum atomic E-state index is -0.948. The maximum atomic E-state index is 12.2. The summed E-state index contributed by atoms with van der Waals surface area (Å²) in [5.74, 6) is -1.04. The zero-order valence-corrected chi connectivity index (χ0v) is 10.9. The predicted molar refractivity (Wildman–Crippen MR) is 72.3 cm³/mol. The number of hydrogen-bond acceptors (Lipinski definition) is 3. The number of nitrogens with two attached hydrogens (primary N) is 1. The molecular formula is C14H18N2O3. The molecule has 0 aromatic heterocycles. The van der Waals surface area contributed by atoms with Crippen LogP contribution in [0, 0.1) is 0 Å². The number of amides is 1. The standard InChI is InChI=1S/C14H18N2O3/c1-2-11(15)13(17)16-7-3-4-9-8-10(14(18)19)5-6-12(9)16/h5-6,8,11H,2-4,7,15H2,1H3,(H,18,19)/t11-/m1/s1. The van der Waals surface area contributed by atoms with Gasteiger partial charge in [0.2, 0.25) is 5.91 Å². The summed E-state index contributed by atoms with van der Waals surface area (Å²) < 4.78 is 0. The van der Waals surface area contributed by atoms with Crippen LogP contribution in [-0.4, -0.2) is 29.6 Å². The Hall–Kier alpha value is -1.88. The first-order valence-electron chi connectivity index (χ1n) is 6.47. The second kappa shape index (κ2) is 5.40. The van der Waals surface area contributed by atoms with Crippen molar-refractivity contribution in [3.63, 3.8) is 0 Å². The van der Waals surface area contributed by atoms with E-state index in [0.29, 0.717) is 13.0 Å². The Labute approximate surface area is 112 Å². The average Bonchev–Trinajstić information content (AvgIpc) is 2.44. The molecule has 1 atom stereocenters. The van der Waals surface area contributed by atoms with Gasteiger partial charge in [-0.2, -0.15) is 0 Å². The molecule has 0 saturated carbocycles. The molecule has 1 heterocycles. The average molecular weight is 262 g/mol. The lowest BCUT2D eigenvalue weighted by Crippen LogP contribution is -2.45. The summed E-state index contributed by atoms with van der Waals surface area (Å²) in [4.78, 5) is 24.8. The fraction of sp³-hybridized carbons (Fsp3) is 0.429. The van der Waals surface area contributed by atoms with Gasteiger partial charge in [0.1, 0.15) is 0 Å². The van der Waals surface area contributed by atoms with Gasteiger partial charge >= 0.3 is 5.97 Å². The van der Waals surface area contributed by atoms with Crippen molar-refractivity contribution in [1.29, 1.82) is 0 Å². The molecule has 5 nitrogen and oxygen atoms in total. The van der Waals surface area contributed by atoms with Crippen LogP contribution in [0.25, 0.3) is 0 Å². The van der Waals surface area contributed by atoms with Crippen LogP contribution in [0.5, 0.6) is 0 Å². The lowest BCUT2D eigenvalue weighted by molar-refractivity contribution is -0.120. The van der Waals surface area contributed by atoms with Gasteiger partial charge in [0, 0.05) is 12.2 Å². The van der Waals surface area contributed by atoms with Gasteiger partial charge in [0.25, 0.3) is 0 Å². The van der Waals surface area contributed by atoms with Crippen molar-refractivity contribution >= 4 is 17.6 Å². The molecule has 5 heteroatoms. The number of fused-ring (bicyclic) bond motifs is 1. The highest BCUT2D eigenvalue weighted by molar-refractivity contribution is 5.98. The summed E-state index contributed by atoms with van der Waals surface area (Å²) in [5.41, 5.74) is 7.76. The summed E-state index contributed by atoms with van der Waals surface area (Å²) in [6.07, 6.45) is 2.22. The summed E-state index contributed by atoms with van der Waals surface area (Å²) in [7, 11) is 0. The van der Waals surface area contributed by atoms with E-state index in [1.165, 1.54) is 6.07 Å². The Morgan fingerprint density at radius 1 is 1.47 bits per heavy atom. The van der Waals surface area contributed by atoms with Crippen molar-refractivity contribution in [2.45, 2.75) is 32.2 Å². The highest BCUT2D eigenvalue weighted by Gasteiger charge is 2.26. The number of rotatable bonds is 3. The summed E-state index contributed by atoms with van der Waals surface area (Å²) in [6.45, 7) is 2.52.